The van der Waals surface area contributed by atoms with Gasteiger partial charge in [-0.05, 0) is 43.6 Å². The number of benzene rings is 1. The molecule has 0 aromatic heterocycles. The third kappa shape index (κ3) is 2.55. The average molecular weight is 312 g/mol. The van der Waals surface area contributed by atoms with Crippen LogP contribution in [0.25, 0.3) is 0 Å². The van der Waals surface area contributed by atoms with Crippen LogP contribution >= 0.6 is 23.2 Å². The SMILES string of the molecule is O=C1NC(Cc2ccc(Cl)cc2Cl)=NC12CCNCC2. The van der Waals surface area contributed by atoms with Gasteiger partial charge in [-0.25, -0.2) is 0 Å². The van der Waals surface area contributed by atoms with E-state index in [0.29, 0.717) is 22.3 Å². The number of aliphatic imine (C=N–C) groups is 1. The van der Waals surface area contributed by atoms with Gasteiger partial charge < -0.3 is 10.6 Å². The van der Waals surface area contributed by atoms with E-state index in [2.05, 4.69) is 15.6 Å². The maximum Gasteiger partial charge on any atom is 0.253 e. The summed E-state index contributed by atoms with van der Waals surface area (Å²) < 4.78 is 0. The fourth-order valence-electron chi connectivity index (χ4n) is 2.69. The minimum atomic E-state index is -0.570. The summed E-state index contributed by atoms with van der Waals surface area (Å²) in [6.45, 7) is 1.65. The summed E-state index contributed by atoms with van der Waals surface area (Å²) in [5, 5.41) is 7.35. The Labute approximate surface area is 127 Å². The van der Waals surface area contributed by atoms with Gasteiger partial charge in [0.15, 0.2) is 0 Å². The van der Waals surface area contributed by atoms with E-state index >= 15 is 0 Å². The number of carbonyl (C=O) groups is 1. The number of nitrogens with zero attached hydrogens (tertiary/aromatic N) is 1. The summed E-state index contributed by atoms with van der Waals surface area (Å²) >= 11 is 12.0. The molecule has 1 aromatic rings. The monoisotopic (exact) mass is 311 g/mol. The summed E-state index contributed by atoms with van der Waals surface area (Å²) in [7, 11) is 0. The second kappa shape index (κ2) is 5.35. The average Bonchev–Trinajstić information content (AvgIpc) is 2.70. The van der Waals surface area contributed by atoms with E-state index < -0.39 is 5.54 Å². The van der Waals surface area contributed by atoms with Gasteiger partial charge in [0.1, 0.15) is 11.4 Å². The predicted octanol–water partition coefficient (Wildman–Crippen LogP) is 2.19. The van der Waals surface area contributed by atoms with Gasteiger partial charge in [-0.2, -0.15) is 0 Å². The van der Waals surface area contributed by atoms with Crippen LogP contribution in [0.4, 0.5) is 0 Å². The zero-order valence-electron chi connectivity index (χ0n) is 10.9. The number of hydrogen-bond acceptors (Lipinski definition) is 3. The maximum absolute atomic E-state index is 12.2. The molecule has 2 aliphatic heterocycles. The third-order valence-electron chi connectivity index (χ3n) is 3.83. The lowest BCUT2D eigenvalue weighted by Gasteiger charge is -2.28. The summed E-state index contributed by atoms with van der Waals surface area (Å²) in [6, 6.07) is 5.36. The van der Waals surface area contributed by atoms with Crippen LogP contribution in [-0.2, 0) is 11.2 Å². The van der Waals surface area contributed by atoms with Crippen LogP contribution in [0.3, 0.4) is 0 Å². The van der Waals surface area contributed by atoms with Crippen molar-refractivity contribution in [2.45, 2.75) is 24.8 Å². The lowest BCUT2D eigenvalue weighted by atomic mass is 9.89. The van der Waals surface area contributed by atoms with Crippen LogP contribution in [0.5, 0.6) is 0 Å². The molecule has 0 saturated carbocycles. The van der Waals surface area contributed by atoms with Crippen LogP contribution in [0, 0.1) is 0 Å². The zero-order valence-corrected chi connectivity index (χ0v) is 12.4. The van der Waals surface area contributed by atoms with Gasteiger partial charge >= 0.3 is 0 Å². The maximum atomic E-state index is 12.2. The Morgan fingerprint density at radius 1 is 1.25 bits per heavy atom. The van der Waals surface area contributed by atoms with Gasteiger partial charge in [0.25, 0.3) is 5.91 Å². The Kier molecular flexibility index (Phi) is 3.71. The Bertz CT molecular complexity index is 580. The molecule has 20 heavy (non-hydrogen) atoms. The zero-order chi connectivity index (χ0) is 14.2. The van der Waals surface area contributed by atoms with E-state index in [1.54, 1.807) is 12.1 Å². The second-order valence-corrected chi connectivity index (χ2v) is 6.05. The highest BCUT2D eigenvalue weighted by molar-refractivity contribution is 6.35. The number of amides is 1. The Balaban J connectivity index is 1.81. The predicted molar refractivity (Wildman–Crippen MR) is 80.6 cm³/mol. The fraction of sp³-hybridized carbons (Fsp3) is 0.429. The molecule has 2 N–H and O–H groups in total. The Hall–Kier alpha value is -1.10. The molecule has 0 bridgehead atoms. The fourth-order valence-corrected chi connectivity index (χ4v) is 3.17. The van der Waals surface area contributed by atoms with Crippen molar-refractivity contribution in [3.8, 4) is 0 Å². The molecular weight excluding hydrogens is 297 g/mol. The van der Waals surface area contributed by atoms with Crippen molar-refractivity contribution in [3.63, 3.8) is 0 Å². The van der Waals surface area contributed by atoms with E-state index in [0.717, 1.165) is 31.5 Å². The molecule has 6 heteroatoms. The highest BCUT2D eigenvalue weighted by Crippen LogP contribution is 2.29. The molecule has 2 heterocycles. The number of rotatable bonds is 2. The van der Waals surface area contributed by atoms with Crippen molar-refractivity contribution < 1.29 is 4.79 Å². The Morgan fingerprint density at radius 3 is 2.70 bits per heavy atom. The highest BCUT2D eigenvalue weighted by atomic mass is 35.5. The number of hydrogen-bond donors (Lipinski definition) is 2. The number of piperidine rings is 1. The lowest BCUT2D eigenvalue weighted by Crippen LogP contribution is -2.47. The molecule has 0 unspecified atom stereocenters. The first kappa shape index (κ1) is 13.9. The van der Waals surface area contributed by atoms with Crippen molar-refractivity contribution in [1.29, 1.82) is 0 Å². The first-order valence-corrected chi connectivity index (χ1v) is 7.39. The van der Waals surface area contributed by atoms with Gasteiger partial charge in [0.2, 0.25) is 0 Å². The van der Waals surface area contributed by atoms with Gasteiger partial charge in [-0.1, -0.05) is 29.3 Å². The lowest BCUT2D eigenvalue weighted by molar-refractivity contribution is -0.124. The molecular formula is C14H15Cl2N3O. The molecule has 1 aromatic carbocycles. The first-order valence-electron chi connectivity index (χ1n) is 6.64. The Morgan fingerprint density at radius 2 is 2.00 bits per heavy atom. The van der Waals surface area contributed by atoms with Gasteiger partial charge in [-0.3, -0.25) is 9.79 Å². The molecule has 3 rings (SSSR count). The normalized spacial score (nSPS) is 20.9. The molecule has 4 nitrogen and oxygen atoms in total. The van der Waals surface area contributed by atoms with E-state index in [-0.39, 0.29) is 5.91 Å². The van der Waals surface area contributed by atoms with E-state index in [1.165, 1.54) is 0 Å². The highest BCUT2D eigenvalue weighted by Gasteiger charge is 2.43. The number of amidine groups is 1. The van der Waals surface area contributed by atoms with Crippen LogP contribution in [0.1, 0.15) is 18.4 Å². The second-order valence-electron chi connectivity index (χ2n) is 5.21. The molecule has 0 radical (unpaired) electrons. The third-order valence-corrected chi connectivity index (χ3v) is 4.42. The van der Waals surface area contributed by atoms with Crippen molar-refractivity contribution in [1.82, 2.24) is 10.6 Å². The minimum Gasteiger partial charge on any atom is -0.317 e. The van der Waals surface area contributed by atoms with Crippen molar-refractivity contribution in [2.24, 2.45) is 4.99 Å². The largest absolute Gasteiger partial charge is 0.317 e. The van der Waals surface area contributed by atoms with Gasteiger partial charge in [-0.15, -0.1) is 0 Å². The van der Waals surface area contributed by atoms with Crippen molar-refractivity contribution in [2.75, 3.05) is 13.1 Å². The smallest absolute Gasteiger partial charge is 0.253 e. The van der Waals surface area contributed by atoms with Crippen molar-refractivity contribution >= 4 is 34.9 Å². The number of carbonyl (C=O) groups excluding carboxylic acids is 1. The molecule has 0 aliphatic carbocycles. The van der Waals surface area contributed by atoms with Gasteiger partial charge in [0, 0.05) is 16.5 Å². The minimum absolute atomic E-state index is 0.0130. The van der Waals surface area contributed by atoms with Crippen LogP contribution in [0.15, 0.2) is 23.2 Å². The first-order chi connectivity index (χ1) is 9.59. The summed E-state index contributed by atoms with van der Waals surface area (Å²) in [5.74, 6) is 0.709. The molecule has 0 atom stereocenters. The van der Waals surface area contributed by atoms with Crippen LogP contribution in [-0.4, -0.2) is 30.4 Å². The van der Waals surface area contributed by atoms with Crippen molar-refractivity contribution in [3.05, 3.63) is 33.8 Å². The molecule has 1 fully saturated rings. The van der Waals surface area contributed by atoms with Crippen LogP contribution < -0.4 is 10.6 Å². The quantitative estimate of drug-likeness (QED) is 0.879. The van der Waals surface area contributed by atoms with E-state index in [4.69, 9.17) is 23.2 Å². The molecule has 106 valence electrons. The van der Waals surface area contributed by atoms with Crippen LogP contribution in [0.2, 0.25) is 10.0 Å². The molecule has 1 amide bonds. The standard InChI is InChI=1S/C14H15Cl2N3O/c15-10-2-1-9(11(16)8-10)7-12-18-13(20)14(19-12)3-5-17-6-4-14/h1-2,8,17H,3-7H2,(H,18,19,20). The molecule has 1 saturated heterocycles. The van der Waals surface area contributed by atoms with Gasteiger partial charge in [0.05, 0.1) is 0 Å². The molecule has 1 spiro atoms. The molecule has 2 aliphatic rings. The summed E-state index contributed by atoms with van der Waals surface area (Å²) in [6.07, 6.45) is 2.02. The number of halogens is 2. The number of nitrogens with one attached hydrogen (secondary N) is 2. The van der Waals surface area contributed by atoms with E-state index in [1.807, 2.05) is 6.07 Å². The topological polar surface area (TPSA) is 53.5 Å². The van der Waals surface area contributed by atoms with E-state index in [9.17, 15) is 4.79 Å². The summed E-state index contributed by atoms with van der Waals surface area (Å²) in [5.41, 5.74) is 0.348. The summed E-state index contributed by atoms with van der Waals surface area (Å²) in [4.78, 5) is 16.8.